The van der Waals surface area contributed by atoms with E-state index in [1.165, 1.54) is 6.07 Å². The van der Waals surface area contributed by atoms with Gasteiger partial charge in [0.2, 0.25) is 0 Å². The molecule has 0 aliphatic rings. The van der Waals surface area contributed by atoms with E-state index in [1.54, 1.807) is 54.6 Å². The van der Waals surface area contributed by atoms with E-state index in [9.17, 15) is 9.65 Å². The summed E-state index contributed by atoms with van der Waals surface area (Å²) in [6.45, 7) is 0.222. The number of rotatable bonds is 5. The molecule has 0 spiro atoms. The van der Waals surface area contributed by atoms with Gasteiger partial charge < -0.3 is 4.74 Å². The summed E-state index contributed by atoms with van der Waals surface area (Å²) in [6.07, 6.45) is 1.60. The lowest BCUT2D eigenvalue weighted by molar-refractivity contribution is 0.305. The molecule has 2 nitrogen and oxygen atoms in total. The first-order chi connectivity index (χ1) is 13.5. The lowest BCUT2D eigenvalue weighted by Crippen LogP contribution is -1.98. The molecule has 0 N–H and O–H groups in total. The first-order valence-electron chi connectivity index (χ1n) is 8.21. The van der Waals surface area contributed by atoms with E-state index in [2.05, 4.69) is 22.0 Å². The van der Waals surface area contributed by atoms with Crippen molar-refractivity contribution in [3.63, 3.8) is 0 Å². The van der Waals surface area contributed by atoms with E-state index >= 15 is 0 Å². The summed E-state index contributed by atoms with van der Waals surface area (Å²) in [5.74, 6) is 0.0824. The molecule has 0 saturated heterocycles. The van der Waals surface area contributed by atoms with Gasteiger partial charge in [0.15, 0.2) is 0 Å². The van der Waals surface area contributed by atoms with Crippen molar-refractivity contribution in [2.45, 2.75) is 6.61 Å². The molecule has 0 unspecified atom stereocenters. The van der Waals surface area contributed by atoms with Crippen molar-refractivity contribution in [2.75, 3.05) is 0 Å². The Kier molecular flexibility index (Phi) is 6.74. The standard InChI is InChI=1S/C22H13BrCl2FNO/c23-17-6-8-22(28-13-14-5-7-18(24)11-20(14)25)15(10-17)9-16(12-27)19-3-1-2-4-21(19)26/h1-11H,13H2/b16-9-. The van der Waals surface area contributed by atoms with Crippen molar-refractivity contribution in [1.82, 2.24) is 0 Å². The minimum atomic E-state index is -0.458. The molecule has 0 aromatic heterocycles. The number of hydrogen-bond donors (Lipinski definition) is 0. The van der Waals surface area contributed by atoms with Gasteiger partial charge in [-0.2, -0.15) is 5.26 Å². The fourth-order valence-corrected chi connectivity index (χ4v) is 3.41. The topological polar surface area (TPSA) is 33.0 Å². The Labute approximate surface area is 180 Å². The molecule has 0 heterocycles. The highest BCUT2D eigenvalue weighted by Gasteiger charge is 2.11. The van der Waals surface area contributed by atoms with E-state index in [1.807, 2.05) is 6.07 Å². The van der Waals surface area contributed by atoms with Crippen molar-refractivity contribution in [1.29, 1.82) is 5.26 Å². The number of nitriles is 1. The van der Waals surface area contributed by atoms with Crippen LogP contribution in [-0.4, -0.2) is 0 Å². The number of ether oxygens (including phenoxy) is 1. The van der Waals surface area contributed by atoms with Crippen LogP contribution in [0.25, 0.3) is 11.6 Å². The monoisotopic (exact) mass is 475 g/mol. The predicted octanol–water partition coefficient (Wildman–Crippen LogP) is 7.54. The van der Waals surface area contributed by atoms with Crippen LogP contribution in [0, 0.1) is 17.1 Å². The largest absolute Gasteiger partial charge is 0.488 e. The number of benzene rings is 3. The lowest BCUT2D eigenvalue weighted by Gasteiger charge is -2.12. The van der Waals surface area contributed by atoms with E-state index in [4.69, 9.17) is 27.9 Å². The number of hydrogen-bond acceptors (Lipinski definition) is 2. The average molecular weight is 477 g/mol. The minimum absolute atomic E-state index is 0.200. The Bertz CT molecular complexity index is 1090. The fraction of sp³-hybridized carbons (Fsp3) is 0.0455. The number of allylic oxidation sites excluding steroid dienone is 1. The van der Waals surface area contributed by atoms with Crippen LogP contribution in [-0.2, 0) is 6.61 Å². The molecule has 0 atom stereocenters. The predicted molar refractivity (Wildman–Crippen MR) is 115 cm³/mol. The van der Waals surface area contributed by atoms with Crippen molar-refractivity contribution in [3.8, 4) is 11.8 Å². The third kappa shape index (κ3) is 4.94. The zero-order chi connectivity index (χ0) is 20.1. The zero-order valence-electron chi connectivity index (χ0n) is 14.4. The smallest absolute Gasteiger partial charge is 0.131 e. The second-order valence-corrected chi connectivity index (χ2v) is 7.62. The SMILES string of the molecule is N#C/C(=C/c1cc(Br)ccc1OCc1ccc(Cl)cc1Cl)c1ccccc1F. The highest BCUT2D eigenvalue weighted by molar-refractivity contribution is 9.10. The quantitative estimate of drug-likeness (QED) is 0.281. The second kappa shape index (κ2) is 9.25. The van der Waals surface area contributed by atoms with E-state index in [0.717, 1.165) is 10.0 Å². The molecule has 0 aliphatic heterocycles. The van der Waals surface area contributed by atoms with Crippen molar-refractivity contribution < 1.29 is 9.13 Å². The second-order valence-electron chi connectivity index (χ2n) is 5.86. The number of nitrogens with zero attached hydrogens (tertiary/aromatic N) is 1. The van der Waals surface area contributed by atoms with E-state index in [0.29, 0.717) is 21.4 Å². The van der Waals surface area contributed by atoms with Gasteiger partial charge in [-0.1, -0.05) is 63.4 Å². The maximum atomic E-state index is 14.1. The molecule has 0 bridgehead atoms. The molecule has 28 heavy (non-hydrogen) atoms. The highest BCUT2D eigenvalue weighted by atomic mass is 79.9. The molecule has 0 saturated carbocycles. The Balaban J connectivity index is 1.94. The summed E-state index contributed by atoms with van der Waals surface area (Å²) in [5.41, 5.74) is 1.85. The van der Waals surface area contributed by atoms with Crippen molar-refractivity contribution in [2.24, 2.45) is 0 Å². The average Bonchev–Trinajstić information content (AvgIpc) is 2.67. The van der Waals surface area contributed by atoms with Gasteiger partial charge in [-0.15, -0.1) is 0 Å². The Morgan fingerprint density at radius 3 is 2.61 bits per heavy atom. The highest BCUT2D eigenvalue weighted by Crippen LogP contribution is 2.30. The number of halogens is 4. The van der Waals surface area contributed by atoms with Gasteiger partial charge in [-0.3, -0.25) is 0 Å². The summed E-state index contributed by atoms with van der Waals surface area (Å²) in [6, 6.07) is 18.8. The van der Waals surface area contributed by atoms with Crippen LogP contribution in [0.4, 0.5) is 4.39 Å². The molecular formula is C22H13BrCl2FNO. The van der Waals surface area contributed by atoms with Crippen LogP contribution in [0.3, 0.4) is 0 Å². The summed E-state index contributed by atoms with van der Waals surface area (Å²) in [7, 11) is 0. The summed E-state index contributed by atoms with van der Waals surface area (Å²) in [4.78, 5) is 0. The molecule has 3 aromatic carbocycles. The van der Waals surface area contributed by atoms with Gasteiger partial charge in [0.05, 0.1) is 11.6 Å². The molecule has 0 fully saturated rings. The van der Waals surface area contributed by atoms with Gasteiger partial charge in [-0.25, -0.2) is 4.39 Å². The molecule has 0 amide bonds. The minimum Gasteiger partial charge on any atom is -0.488 e. The maximum Gasteiger partial charge on any atom is 0.131 e. The molecule has 3 aromatic rings. The van der Waals surface area contributed by atoms with Crippen LogP contribution in [0.5, 0.6) is 5.75 Å². The normalized spacial score (nSPS) is 11.2. The fourth-order valence-electron chi connectivity index (χ4n) is 2.56. The first-order valence-corrected chi connectivity index (χ1v) is 9.76. The zero-order valence-corrected chi connectivity index (χ0v) is 17.5. The van der Waals surface area contributed by atoms with Gasteiger partial charge in [0.25, 0.3) is 0 Å². The molecule has 6 heteroatoms. The summed E-state index contributed by atoms with van der Waals surface area (Å²) >= 11 is 15.5. The third-order valence-corrected chi connectivity index (χ3v) is 5.03. The molecule has 0 aliphatic carbocycles. The van der Waals surface area contributed by atoms with Crippen LogP contribution < -0.4 is 4.74 Å². The summed E-state index contributed by atoms with van der Waals surface area (Å²) < 4.78 is 20.8. The van der Waals surface area contributed by atoms with E-state index < -0.39 is 5.82 Å². The summed E-state index contributed by atoms with van der Waals surface area (Å²) in [5, 5.41) is 10.6. The Morgan fingerprint density at radius 2 is 1.89 bits per heavy atom. The Morgan fingerprint density at radius 1 is 1.11 bits per heavy atom. The lowest BCUT2D eigenvalue weighted by atomic mass is 10.0. The third-order valence-electron chi connectivity index (χ3n) is 3.95. The maximum absolute atomic E-state index is 14.1. The van der Waals surface area contributed by atoms with Crippen molar-refractivity contribution in [3.05, 3.63) is 97.7 Å². The molecular weight excluding hydrogens is 464 g/mol. The van der Waals surface area contributed by atoms with Gasteiger partial charge in [0, 0.05) is 31.2 Å². The van der Waals surface area contributed by atoms with Gasteiger partial charge in [0.1, 0.15) is 18.2 Å². The molecule has 140 valence electrons. The molecule has 3 rings (SSSR count). The first kappa shape index (κ1) is 20.4. The molecule has 0 radical (unpaired) electrons. The van der Waals surface area contributed by atoms with Crippen LogP contribution in [0.1, 0.15) is 16.7 Å². The van der Waals surface area contributed by atoms with Crippen molar-refractivity contribution >= 4 is 50.8 Å². The van der Waals surface area contributed by atoms with Crippen LogP contribution in [0.15, 0.2) is 65.1 Å². The van der Waals surface area contributed by atoms with Crippen LogP contribution >= 0.6 is 39.1 Å². The van der Waals surface area contributed by atoms with Gasteiger partial charge in [-0.05, 0) is 42.5 Å². The Hall–Kier alpha value is -2.32. The van der Waals surface area contributed by atoms with E-state index in [-0.39, 0.29) is 17.7 Å². The van der Waals surface area contributed by atoms with Gasteiger partial charge >= 0.3 is 0 Å². The van der Waals surface area contributed by atoms with Crippen LogP contribution in [0.2, 0.25) is 10.0 Å².